The largest absolute Gasteiger partial charge is 0.489 e. The Bertz CT molecular complexity index is 1730. The van der Waals surface area contributed by atoms with Crippen LogP contribution >= 0.6 is 0 Å². The van der Waals surface area contributed by atoms with E-state index in [0.717, 1.165) is 55.8 Å². The van der Waals surface area contributed by atoms with Gasteiger partial charge < -0.3 is 19.1 Å². The summed E-state index contributed by atoms with van der Waals surface area (Å²) in [6.07, 6.45) is 3.28. The fourth-order valence-corrected chi connectivity index (χ4v) is 6.58. The van der Waals surface area contributed by atoms with Crippen molar-refractivity contribution in [2.75, 3.05) is 19.7 Å². The highest BCUT2D eigenvalue weighted by Crippen LogP contribution is 2.59. The van der Waals surface area contributed by atoms with Crippen molar-refractivity contribution in [3.8, 4) is 11.8 Å². The second-order valence-electron chi connectivity index (χ2n) is 11.7. The number of rotatable bonds is 9. The topological polar surface area (TPSA) is 101 Å². The molecule has 2 saturated heterocycles. The number of carbonyl (C=O) groups is 1. The SMILES string of the molecule is N#Cc1ccc(COc2cccc(C34CCN(Cc5nc6ccc(C(=O)O)cc6n5CC5CCO5)CC3C4)c2)c(F)c1. The van der Waals surface area contributed by atoms with Crippen LogP contribution in [0.1, 0.15) is 52.1 Å². The fraction of sp³-hybridized carbons (Fsp3) is 0.364. The maximum Gasteiger partial charge on any atom is 0.335 e. The molecule has 0 bridgehead atoms. The Morgan fingerprint density at radius 2 is 2.10 bits per heavy atom. The average Bonchev–Trinajstić information content (AvgIpc) is 3.62. The van der Waals surface area contributed by atoms with Crippen molar-refractivity contribution < 1.29 is 23.8 Å². The zero-order valence-corrected chi connectivity index (χ0v) is 23.1. The number of carboxylic acids is 1. The maximum absolute atomic E-state index is 14.3. The van der Waals surface area contributed by atoms with Crippen LogP contribution in [0.2, 0.25) is 0 Å². The third kappa shape index (κ3) is 4.91. The number of imidazole rings is 1. The van der Waals surface area contributed by atoms with Gasteiger partial charge in [0.2, 0.25) is 0 Å². The molecule has 3 aromatic carbocycles. The molecule has 3 unspecified atom stereocenters. The monoisotopic (exact) mass is 566 g/mol. The van der Waals surface area contributed by atoms with Gasteiger partial charge in [0.15, 0.2) is 0 Å². The molecule has 1 saturated carbocycles. The van der Waals surface area contributed by atoms with Crippen LogP contribution in [0.3, 0.4) is 0 Å². The molecule has 2 aliphatic heterocycles. The van der Waals surface area contributed by atoms with E-state index in [1.807, 2.05) is 18.2 Å². The number of nitrogens with zero attached hydrogens (tertiary/aromatic N) is 4. The minimum absolute atomic E-state index is 0.103. The number of nitriles is 1. The van der Waals surface area contributed by atoms with E-state index in [9.17, 15) is 14.3 Å². The molecule has 1 aromatic heterocycles. The van der Waals surface area contributed by atoms with Crippen molar-refractivity contribution in [3.63, 3.8) is 0 Å². The van der Waals surface area contributed by atoms with E-state index in [0.29, 0.717) is 35.9 Å². The zero-order chi connectivity index (χ0) is 28.8. The Labute approximate surface area is 242 Å². The van der Waals surface area contributed by atoms with Gasteiger partial charge in [0.1, 0.15) is 24.0 Å². The smallest absolute Gasteiger partial charge is 0.335 e. The van der Waals surface area contributed by atoms with Crippen molar-refractivity contribution in [2.45, 2.75) is 50.5 Å². The van der Waals surface area contributed by atoms with E-state index in [-0.39, 0.29) is 23.7 Å². The molecule has 4 aromatic rings. The third-order valence-corrected chi connectivity index (χ3v) is 9.19. The summed E-state index contributed by atoms with van der Waals surface area (Å²) in [5.74, 6) is 0.814. The first-order chi connectivity index (χ1) is 20.4. The van der Waals surface area contributed by atoms with Gasteiger partial charge in [-0.3, -0.25) is 4.90 Å². The van der Waals surface area contributed by atoms with Gasteiger partial charge in [0.25, 0.3) is 0 Å². The lowest BCUT2D eigenvalue weighted by Crippen LogP contribution is -2.37. The van der Waals surface area contributed by atoms with E-state index >= 15 is 0 Å². The van der Waals surface area contributed by atoms with Crippen molar-refractivity contribution >= 4 is 17.0 Å². The highest BCUT2D eigenvalue weighted by molar-refractivity contribution is 5.92. The fourth-order valence-electron chi connectivity index (χ4n) is 6.58. The third-order valence-electron chi connectivity index (χ3n) is 9.19. The first-order valence-electron chi connectivity index (χ1n) is 14.4. The number of fused-ring (bicyclic) bond motifs is 2. The summed E-state index contributed by atoms with van der Waals surface area (Å²) < 4.78 is 28.1. The number of piperidine rings is 1. The quantitative estimate of drug-likeness (QED) is 0.294. The Morgan fingerprint density at radius 3 is 2.83 bits per heavy atom. The van der Waals surface area contributed by atoms with Gasteiger partial charge in [-0.1, -0.05) is 18.2 Å². The number of likely N-dealkylation sites (tertiary alicyclic amines) is 1. The van der Waals surface area contributed by atoms with Gasteiger partial charge >= 0.3 is 5.97 Å². The molecule has 3 fully saturated rings. The molecule has 9 heteroatoms. The van der Waals surface area contributed by atoms with Gasteiger partial charge in [-0.05, 0) is 79.8 Å². The molecule has 7 rings (SSSR count). The molecule has 1 aliphatic carbocycles. The number of ether oxygens (including phenoxy) is 2. The highest BCUT2D eigenvalue weighted by Gasteiger charge is 2.57. The number of aromatic nitrogens is 2. The molecule has 3 aliphatic rings. The van der Waals surface area contributed by atoms with E-state index in [1.54, 1.807) is 30.3 Å². The minimum atomic E-state index is -0.942. The standard InChI is InChI=1S/C33H31FN4O4/c34-28-12-21(16-35)4-5-23(28)20-42-26-3-1-2-24(14-26)33-9-10-37(17-25(33)15-33)19-31-36-29-7-6-22(32(39)40)13-30(29)38(31)18-27-8-11-41-27/h1-7,12-14,25,27H,8-11,15,17-20H2,(H,39,40). The first kappa shape index (κ1) is 26.6. The zero-order valence-electron chi connectivity index (χ0n) is 23.1. The average molecular weight is 567 g/mol. The Balaban J connectivity index is 1.04. The minimum Gasteiger partial charge on any atom is -0.489 e. The first-order valence-corrected chi connectivity index (χ1v) is 14.4. The van der Waals surface area contributed by atoms with Crippen molar-refractivity contribution in [1.29, 1.82) is 5.26 Å². The second kappa shape index (κ2) is 10.5. The molecule has 42 heavy (non-hydrogen) atoms. The van der Waals surface area contributed by atoms with Crippen LogP contribution in [-0.2, 0) is 29.8 Å². The number of carboxylic acid groups (broad SMARTS) is 1. The molecule has 8 nitrogen and oxygen atoms in total. The van der Waals surface area contributed by atoms with Crippen LogP contribution in [0.4, 0.5) is 4.39 Å². The van der Waals surface area contributed by atoms with E-state index < -0.39 is 11.8 Å². The molecule has 214 valence electrons. The van der Waals surface area contributed by atoms with Crippen LogP contribution in [0.5, 0.6) is 5.75 Å². The lowest BCUT2D eigenvalue weighted by atomic mass is 9.87. The van der Waals surface area contributed by atoms with Crippen molar-refractivity contribution in [2.24, 2.45) is 5.92 Å². The van der Waals surface area contributed by atoms with Crippen LogP contribution in [0, 0.1) is 23.1 Å². The van der Waals surface area contributed by atoms with Crippen LogP contribution < -0.4 is 4.74 Å². The maximum atomic E-state index is 14.3. The number of aromatic carboxylic acids is 1. The molecular formula is C33H31FN4O4. The van der Waals surface area contributed by atoms with Gasteiger partial charge in [-0.15, -0.1) is 0 Å². The molecule has 0 amide bonds. The normalized spacial score (nSPS) is 23.1. The molecule has 1 N–H and O–H groups in total. The molecular weight excluding hydrogens is 535 g/mol. The summed E-state index contributed by atoms with van der Waals surface area (Å²) in [4.78, 5) is 19.0. The lowest BCUT2D eigenvalue weighted by Gasteiger charge is -2.32. The Morgan fingerprint density at radius 1 is 1.21 bits per heavy atom. The number of hydrogen-bond donors (Lipinski definition) is 1. The summed E-state index contributed by atoms with van der Waals surface area (Å²) >= 11 is 0. The van der Waals surface area contributed by atoms with Gasteiger partial charge in [-0.25, -0.2) is 14.2 Å². The van der Waals surface area contributed by atoms with Crippen LogP contribution in [0.15, 0.2) is 60.7 Å². The number of halogens is 1. The van der Waals surface area contributed by atoms with Crippen LogP contribution in [-0.4, -0.2) is 51.3 Å². The highest BCUT2D eigenvalue weighted by atomic mass is 19.1. The molecule has 0 radical (unpaired) electrons. The van der Waals surface area contributed by atoms with E-state index in [2.05, 4.69) is 21.6 Å². The Hall–Kier alpha value is -4.26. The van der Waals surface area contributed by atoms with Crippen molar-refractivity contribution in [1.82, 2.24) is 14.5 Å². The van der Waals surface area contributed by atoms with Gasteiger partial charge in [0.05, 0.1) is 47.4 Å². The van der Waals surface area contributed by atoms with E-state index in [4.69, 9.17) is 19.7 Å². The molecule has 3 heterocycles. The lowest BCUT2D eigenvalue weighted by molar-refractivity contribution is -0.0592. The van der Waals surface area contributed by atoms with Gasteiger partial charge in [-0.2, -0.15) is 5.26 Å². The summed E-state index contributed by atoms with van der Waals surface area (Å²) in [5, 5.41) is 18.5. The number of benzene rings is 3. The molecule has 3 atom stereocenters. The Kier molecular flexibility index (Phi) is 6.68. The van der Waals surface area contributed by atoms with Crippen molar-refractivity contribution in [3.05, 3.63) is 94.6 Å². The molecule has 0 spiro atoms. The predicted molar refractivity (Wildman–Crippen MR) is 153 cm³/mol. The summed E-state index contributed by atoms with van der Waals surface area (Å²) in [7, 11) is 0. The summed E-state index contributed by atoms with van der Waals surface area (Å²) in [6, 6.07) is 19.7. The van der Waals surface area contributed by atoms with E-state index in [1.165, 1.54) is 11.6 Å². The number of hydrogen-bond acceptors (Lipinski definition) is 6. The summed E-state index contributed by atoms with van der Waals surface area (Å²) in [5.41, 5.74) is 4.02. The predicted octanol–water partition coefficient (Wildman–Crippen LogP) is 5.28. The summed E-state index contributed by atoms with van der Waals surface area (Å²) in [6.45, 7) is 4.14. The van der Waals surface area contributed by atoms with Gasteiger partial charge in [0, 0.05) is 24.1 Å². The second-order valence-corrected chi connectivity index (χ2v) is 11.7. The van der Waals surface area contributed by atoms with Crippen LogP contribution in [0.25, 0.3) is 11.0 Å².